The van der Waals surface area contributed by atoms with Gasteiger partial charge in [-0.3, -0.25) is 9.59 Å². The van der Waals surface area contributed by atoms with E-state index in [1.807, 2.05) is 11.4 Å². The predicted octanol–water partition coefficient (Wildman–Crippen LogP) is 2.01. The fourth-order valence-electron chi connectivity index (χ4n) is 1.92. The van der Waals surface area contributed by atoms with Crippen molar-refractivity contribution >= 4 is 35.0 Å². The Hall–Kier alpha value is -1.01. The molecule has 0 spiro atoms. The Morgan fingerprint density at radius 1 is 1.56 bits per heavy atom. The van der Waals surface area contributed by atoms with E-state index in [0.717, 1.165) is 17.7 Å². The molecule has 6 heteroatoms. The summed E-state index contributed by atoms with van der Waals surface area (Å²) in [5.41, 5.74) is 1.11. The first-order valence-corrected chi connectivity index (χ1v) is 7.67. The van der Waals surface area contributed by atoms with Gasteiger partial charge in [-0.25, -0.2) is 0 Å². The number of hydrogen-bond donors (Lipinski definition) is 1. The van der Waals surface area contributed by atoms with E-state index in [2.05, 4.69) is 0 Å². The van der Waals surface area contributed by atoms with Crippen LogP contribution in [0, 0.1) is 0 Å². The van der Waals surface area contributed by atoms with Crippen LogP contribution in [0.4, 0.5) is 0 Å². The lowest BCUT2D eigenvalue weighted by Crippen LogP contribution is -2.33. The van der Waals surface area contributed by atoms with Gasteiger partial charge in [0.05, 0.1) is 6.42 Å². The molecule has 1 amide bonds. The lowest BCUT2D eigenvalue weighted by atomic mass is 10.1. The zero-order valence-corrected chi connectivity index (χ0v) is 11.7. The van der Waals surface area contributed by atoms with Crippen LogP contribution in [-0.2, 0) is 16.0 Å². The van der Waals surface area contributed by atoms with Gasteiger partial charge in [-0.15, -0.1) is 23.1 Å². The molecular formula is C12H15NO3S2. The lowest BCUT2D eigenvalue weighted by Gasteiger charge is -2.26. The number of hydrogen-bond acceptors (Lipinski definition) is 4. The van der Waals surface area contributed by atoms with Crippen molar-refractivity contribution in [2.24, 2.45) is 0 Å². The fourth-order valence-corrected chi connectivity index (χ4v) is 4.33. The van der Waals surface area contributed by atoms with Gasteiger partial charge in [0.2, 0.25) is 5.91 Å². The summed E-state index contributed by atoms with van der Waals surface area (Å²) < 4.78 is 0. The van der Waals surface area contributed by atoms with E-state index in [-0.39, 0.29) is 24.1 Å². The van der Waals surface area contributed by atoms with Crippen LogP contribution in [0.25, 0.3) is 0 Å². The number of nitrogens with zero attached hydrogens (tertiary/aromatic N) is 1. The predicted molar refractivity (Wildman–Crippen MR) is 73.1 cm³/mol. The van der Waals surface area contributed by atoms with Crippen LogP contribution < -0.4 is 0 Å². The molecule has 98 valence electrons. The van der Waals surface area contributed by atoms with Crippen molar-refractivity contribution in [2.75, 3.05) is 19.3 Å². The molecule has 2 heterocycles. The molecule has 1 aliphatic heterocycles. The molecule has 0 fully saturated rings. The van der Waals surface area contributed by atoms with Gasteiger partial charge in [0.15, 0.2) is 0 Å². The van der Waals surface area contributed by atoms with E-state index in [0.29, 0.717) is 0 Å². The van der Waals surface area contributed by atoms with Crippen LogP contribution in [0.1, 0.15) is 22.1 Å². The standard InChI is InChI=1S/C12H15NO3S2/c1-13(5-2-10(14)15)12(16)11-8-3-6-17-9(8)4-7-18-11/h3,6,11H,2,4-5,7H2,1H3,(H,14,15). The minimum absolute atomic E-state index is 0.00385. The summed E-state index contributed by atoms with van der Waals surface area (Å²) in [6.07, 6.45) is 1.02. The van der Waals surface area contributed by atoms with Gasteiger partial charge < -0.3 is 10.0 Å². The van der Waals surface area contributed by atoms with Crippen LogP contribution >= 0.6 is 23.1 Å². The number of amides is 1. The highest BCUT2D eigenvalue weighted by Gasteiger charge is 2.30. The van der Waals surface area contributed by atoms with Gasteiger partial charge in [-0.05, 0) is 29.2 Å². The monoisotopic (exact) mass is 285 g/mol. The van der Waals surface area contributed by atoms with Crippen molar-refractivity contribution in [3.63, 3.8) is 0 Å². The smallest absolute Gasteiger partial charge is 0.305 e. The van der Waals surface area contributed by atoms with Crippen LogP contribution in [0.2, 0.25) is 0 Å². The Balaban J connectivity index is 2.04. The molecule has 1 N–H and O–H groups in total. The van der Waals surface area contributed by atoms with Gasteiger partial charge in [0.1, 0.15) is 5.25 Å². The molecule has 1 aromatic rings. The Kier molecular flexibility index (Phi) is 4.29. The van der Waals surface area contributed by atoms with Crippen LogP contribution in [0.3, 0.4) is 0 Å². The van der Waals surface area contributed by atoms with Gasteiger partial charge in [0, 0.05) is 18.5 Å². The number of fused-ring (bicyclic) bond motifs is 1. The number of carbonyl (C=O) groups excluding carboxylic acids is 1. The quantitative estimate of drug-likeness (QED) is 0.919. The third kappa shape index (κ3) is 2.87. The number of carboxylic acids is 1. The summed E-state index contributed by atoms with van der Waals surface area (Å²) in [7, 11) is 1.67. The maximum absolute atomic E-state index is 12.3. The number of carbonyl (C=O) groups is 2. The van der Waals surface area contributed by atoms with E-state index in [1.165, 1.54) is 9.78 Å². The molecule has 18 heavy (non-hydrogen) atoms. The minimum Gasteiger partial charge on any atom is -0.481 e. The van der Waals surface area contributed by atoms with E-state index < -0.39 is 5.97 Å². The largest absolute Gasteiger partial charge is 0.481 e. The maximum Gasteiger partial charge on any atom is 0.305 e. The number of likely N-dealkylation sites (N-methyl/N-ethyl adjacent to an activating group) is 1. The summed E-state index contributed by atoms with van der Waals surface area (Å²) in [5, 5.41) is 10.5. The van der Waals surface area contributed by atoms with Crippen molar-refractivity contribution in [1.29, 1.82) is 0 Å². The highest BCUT2D eigenvalue weighted by Crippen LogP contribution is 2.40. The second-order valence-electron chi connectivity index (χ2n) is 4.20. The average molecular weight is 285 g/mol. The molecule has 0 radical (unpaired) electrons. The van der Waals surface area contributed by atoms with E-state index in [4.69, 9.17) is 5.11 Å². The van der Waals surface area contributed by atoms with Crippen molar-refractivity contribution in [1.82, 2.24) is 4.90 Å². The van der Waals surface area contributed by atoms with Gasteiger partial charge in [-0.1, -0.05) is 0 Å². The number of aryl methyl sites for hydroxylation is 1. The first kappa shape index (κ1) is 13.4. The van der Waals surface area contributed by atoms with E-state index in [9.17, 15) is 9.59 Å². The zero-order chi connectivity index (χ0) is 13.1. The number of aliphatic carboxylic acids is 1. The average Bonchev–Trinajstić information content (AvgIpc) is 2.82. The Morgan fingerprint density at radius 2 is 2.33 bits per heavy atom. The molecule has 0 bridgehead atoms. The number of carboxylic acid groups (broad SMARTS) is 1. The second kappa shape index (κ2) is 5.75. The SMILES string of the molecule is CN(CCC(=O)O)C(=O)C1SCCc2sccc21. The second-order valence-corrected chi connectivity index (χ2v) is 6.42. The van der Waals surface area contributed by atoms with Crippen molar-refractivity contribution in [3.05, 3.63) is 21.9 Å². The van der Waals surface area contributed by atoms with Crippen molar-refractivity contribution in [3.8, 4) is 0 Å². The van der Waals surface area contributed by atoms with E-state index in [1.54, 1.807) is 30.1 Å². The van der Waals surface area contributed by atoms with E-state index >= 15 is 0 Å². The van der Waals surface area contributed by atoms with Crippen LogP contribution in [-0.4, -0.2) is 41.2 Å². The first-order chi connectivity index (χ1) is 8.59. The molecule has 1 aromatic heterocycles. The third-order valence-electron chi connectivity index (χ3n) is 2.94. The zero-order valence-electron chi connectivity index (χ0n) is 10.1. The summed E-state index contributed by atoms with van der Waals surface area (Å²) in [6.45, 7) is 0.269. The normalized spacial score (nSPS) is 18.2. The molecule has 1 atom stereocenters. The molecule has 0 aromatic carbocycles. The topological polar surface area (TPSA) is 57.6 Å². The highest BCUT2D eigenvalue weighted by molar-refractivity contribution is 8.00. The van der Waals surface area contributed by atoms with Crippen LogP contribution in [0.5, 0.6) is 0 Å². The Labute approximate surface area is 114 Å². The number of rotatable bonds is 4. The van der Waals surface area contributed by atoms with Gasteiger partial charge >= 0.3 is 5.97 Å². The summed E-state index contributed by atoms with van der Waals surface area (Å²) in [6, 6.07) is 2.01. The van der Waals surface area contributed by atoms with Gasteiger partial charge in [0.25, 0.3) is 0 Å². The Bertz CT molecular complexity index is 458. The number of thiophene rings is 1. The summed E-state index contributed by atoms with van der Waals surface area (Å²) in [5.74, 6) is 0.0965. The highest BCUT2D eigenvalue weighted by atomic mass is 32.2. The van der Waals surface area contributed by atoms with Gasteiger partial charge in [-0.2, -0.15) is 0 Å². The van der Waals surface area contributed by atoms with Crippen molar-refractivity contribution in [2.45, 2.75) is 18.1 Å². The fraction of sp³-hybridized carbons (Fsp3) is 0.500. The molecule has 0 aliphatic carbocycles. The lowest BCUT2D eigenvalue weighted by molar-refractivity contribution is -0.138. The van der Waals surface area contributed by atoms with Crippen LogP contribution in [0.15, 0.2) is 11.4 Å². The molecule has 0 saturated heterocycles. The Morgan fingerprint density at radius 3 is 3.06 bits per heavy atom. The molecule has 1 aliphatic rings. The molecule has 4 nitrogen and oxygen atoms in total. The molecule has 2 rings (SSSR count). The van der Waals surface area contributed by atoms with Crippen molar-refractivity contribution < 1.29 is 14.7 Å². The molecule has 1 unspecified atom stereocenters. The molecular weight excluding hydrogens is 270 g/mol. The minimum atomic E-state index is -0.873. The molecule has 0 saturated carbocycles. The summed E-state index contributed by atoms with van der Waals surface area (Å²) in [4.78, 5) is 25.6. The number of thioether (sulfide) groups is 1. The third-order valence-corrected chi connectivity index (χ3v) is 5.16. The first-order valence-electron chi connectivity index (χ1n) is 5.74. The maximum atomic E-state index is 12.3. The summed E-state index contributed by atoms with van der Waals surface area (Å²) >= 11 is 3.35.